The van der Waals surface area contributed by atoms with Crippen LogP contribution in [0.25, 0.3) is 0 Å². The van der Waals surface area contributed by atoms with Crippen molar-refractivity contribution in [3.63, 3.8) is 0 Å². The normalized spacial score (nSPS) is 14.0. The maximum Gasteiger partial charge on any atom is 0.264 e. The molecule has 0 spiro atoms. The number of nitrogens with zero attached hydrogens (tertiary/aromatic N) is 1. The molecular formula is C12H16N2O5S. The van der Waals surface area contributed by atoms with E-state index in [1.54, 1.807) is 13.0 Å². The van der Waals surface area contributed by atoms with Crippen molar-refractivity contribution in [1.82, 2.24) is 10.6 Å². The molecule has 0 fully saturated rings. The fourth-order valence-corrected chi connectivity index (χ4v) is 2.42. The van der Waals surface area contributed by atoms with Gasteiger partial charge in [0.15, 0.2) is 9.84 Å². The maximum atomic E-state index is 11.7. The summed E-state index contributed by atoms with van der Waals surface area (Å²) in [5.74, 6) is 4.71. The van der Waals surface area contributed by atoms with Gasteiger partial charge in [0, 0.05) is 12.3 Å². The number of carbonyl (C=O) groups excluding carboxylic acids is 1. The molecule has 8 heteroatoms. The average Bonchev–Trinajstić information content (AvgIpc) is 2.81. The van der Waals surface area contributed by atoms with Crippen LogP contribution in [0.5, 0.6) is 0 Å². The lowest BCUT2D eigenvalue weighted by Crippen LogP contribution is -2.49. The lowest BCUT2D eigenvalue weighted by Gasteiger charge is -2.24. The lowest BCUT2D eigenvalue weighted by molar-refractivity contribution is -0.131. The van der Waals surface area contributed by atoms with Crippen LogP contribution in [-0.2, 0) is 21.1 Å². The molecule has 0 bridgehead atoms. The van der Waals surface area contributed by atoms with Crippen molar-refractivity contribution < 1.29 is 22.9 Å². The zero-order chi connectivity index (χ0) is 15.4. The first-order valence-electron chi connectivity index (χ1n) is 5.77. The molecule has 0 aliphatic rings. The highest BCUT2D eigenvalue weighted by Gasteiger charge is 2.43. The van der Waals surface area contributed by atoms with E-state index in [2.05, 4.69) is 17.0 Å². The first-order chi connectivity index (χ1) is 9.24. The molecule has 0 aliphatic carbocycles. The van der Waals surface area contributed by atoms with E-state index in [9.17, 15) is 13.2 Å². The Morgan fingerprint density at radius 1 is 1.60 bits per heavy atom. The number of nitrogens with one attached hydrogen (secondary N) is 1. The molecule has 1 aromatic rings. The largest absolute Gasteiger partial charge is 0.347 e. The van der Waals surface area contributed by atoms with Crippen LogP contribution in [0.4, 0.5) is 0 Å². The van der Waals surface area contributed by atoms with Gasteiger partial charge in [-0.3, -0.25) is 10.0 Å². The maximum absolute atomic E-state index is 11.7. The predicted octanol–water partition coefficient (Wildman–Crippen LogP) is 0.287. The van der Waals surface area contributed by atoms with Gasteiger partial charge in [-0.1, -0.05) is 11.1 Å². The summed E-state index contributed by atoms with van der Waals surface area (Å²) in [5.41, 5.74) is 1.88. The third-order valence-electron chi connectivity index (χ3n) is 3.07. The van der Waals surface area contributed by atoms with Crippen LogP contribution < -0.4 is 5.48 Å². The molecule has 1 heterocycles. The molecule has 1 unspecified atom stereocenters. The Kier molecular flexibility index (Phi) is 4.92. The van der Waals surface area contributed by atoms with E-state index in [0.29, 0.717) is 11.5 Å². The topological polar surface area (TPSA) is 110 Å². The van der Waals surface area contributed by atoms with Crippen LogP contribution in [0.3, 0.4) is 0 Å². The molecule has 1 atom stereocenters. The molecule has 20 heavy (non-hydrogen) atoms. The van der Waals surface area contributed by atoms with Crippen LogP contribution in [-0.4, -0.2) is 35.7 Å². The van der Waals surface area contributed by atoms with Crippen LogP contribution in [0.15, 0.2) is 10.6 Å². The van der Waals surface area contributed by atoms with Gasteiger partial charge in [0.25, 0.3) is 5.91 Å². The van der Waals surface area contributed by atoms with E-state index in [1.807, 2.05) is 0 Å². The number of amides is 1. The summed E-state index contributed by atoms with van der Waals surface area (Å²) >= 11 is 0. The van der Waals surface area contributed by atoms with Gasteiger partial charge < -0.3 is 4.52 Å². The van der Waals surface area contributed by atoms with Crippen molar-refractivity contribution in [1.29, 1.82) is 0 Å². The molecule has 2 N–H and O–H groups in total. The van der Waals surface area contributed by atoms with Crippen LogP contribution in [0.2, 0.25) is 0 Å². The predicted molar refractivity (Wildman–Crippen MR) is 70.6 cm³/mol. The minimum atomic E-state index is -3.71. The third kappa shape index (κ3) is 3.37. The second-order valence-electron chi connectivity index (χ2n) is 4.50. The highest BCUT2D eigenvalue weighted by Crippen LogP contribution is 2.23. The fourth-order valence-electron chi connectivity index (χ4n) is 1.56. The van der Waals surface area contributed by atoms with Crippen molar-refractivity contribution in [2.75, 3.05) is 6.26 Å². The number of hydrogen-bond acceptors (Lipinski definition) is 6. The van der Waals surface area contributed by atoms with Crippen molar-refractivity contribution in [3.05, 3.63) is 17.5 Å². The number of sulfone groups is 1. The lowest BCUT2D eigenvalue weighted by atomic mass is 10.0. The van der Waals surface area contributed by atoms with Gasteiger partial charge in [-0.15, -0.1) is 0 Å². The average molecular weight is 300 g/mol. The molecule has 0 saturated carbocycles. The first-order valence-corrected chi connectivity index (χ1v) is 7.66. The van der Waals surface area contributed by atoms with Crippen LogP contribution >= 0.6 is 0 Å². The molecule has 7 nitrogen and oxygen atoms in total. The van der Waals surface area contributed by atoms with Gasteiger partial charge in [-0.05, 0) is 32.6 Å². The molecule has 1 amide bonds. The molecule has 0 radical (unpaired) electrons. The monoisotopic (exact) mass is 300 g/mol. The minimum absolute atomic E-state index is 0.0379. The Balaban J connectivity index is 2.91. The Morgan fingerprint density at radius 3 is 2.75 bits per heavy atom. The highest BCUT2D eigenvalue weighted by atomic mass is 32.2. The molecule has 0 aliphatic heterocycles. The van der Waals surface area contributed by atoms with Crippen molar-refractivity contribution >= 4 is 15.7 Å². The standard InChI is InChI=1S/C12H16N2O5S/c1-4-5-10-8-9(14-19-10)6-7-12(2,11(15)13-16)20(3,17)18/h8,16H,6-7H2,1-3H3,(H,13,15). The Morgan fingerprint density at radius 2 is 2.25 bits per heavy atom. The van der Waals surface area contributed by atoms with Crippen molar-refractivity contribution in [2.45, 2.75) is 31.4 Å². The van der Waals surface area contributed by atoms with Gasteiger partial charge >= 0.3 is 0 Å². The van der Waals surface area contributed by atoms with Crippen LogP contribution in [0, 0.1) is 11.8 Å². The summed E-state index contributed by atoms with van der Waals surface area (Å²) in [6, 6.07) is 1.58. The summed E-state index contributed by atoms with van der Waals surface area (Å²) in [4.78, 5) is 11.6. The first kappa shape index (κ1) is 16.2. The zero-order valence-corrected chi connectivity index (χ0v) is 12.2. The molecule has 0 aromatic carbocycles. The summed E-state index contributed by atoms with van der Waals surface area (Å²) in [5, 5.41) is 12.4. The van der Waals surface area contributed by atoms with E-state index in [0.717, 1.165) is 6.26 Å². The molecule has 1 aromatic heterocycles. The van der Waals surface area contributed by atoms with E-state index in [-0.39, 0.29) is 12.8 Å². The SMILES string of the molecule is CC#Cc1cc(CCC(C)(C(=O)NO)S(C)(=O)=O)no1. The summed E-state index contributed by atoms with van der Waals surface area (Å²) < 4.78 is 26.7. The second kappa shape index (κ2) is 6.07. The number of hydroxylamine groups is 1. The molecule has 0 saturated heterocycles. The van der Waals surface area contributed by atoms with E-state index >= 15 is 0 Å². The number of hydrogen-bond donors (Lipinski definition) is 2. The smallest absolute Gasteiger partial charge is 0.264 e. The van der Waals surface area contributed by atoms with E-state index < -0.39 is 20.5 Å². The van der Waals surface area contributed by atoms with Crippen molar-refractivity contribution in [2.24, 2.45) is 0 Å². The van der Waals surface area contributed by atoms with Crippen molar-refractivity contribution in [3.8, 4) is 11.8 Å². The van der Waals surface area contributed by atoms with Gasteiger partial charge in [0.2, 0.25) is 5.76 Å². The number of rotatable bonds is 5. The minimum Gasteiger partial charge on any atom is -0.347 e. The Labute approximate surface area is 117 Å². The molecule has 110 valence electrons. The van der Waals surface area contributed by atoms with Gasteiger partial charge in [0.1, 0.15) is 4.75 Å². The quantitative estimate of drug-likeness (QED) is 0.459. The summed E-state index contributed by atoms with van der Waals surface area (Å²) in [7, 11) is -3.71. The zero-order valence-electron chi connectivity index (χ0n) is 11.4. The summed E-state index contributed by atoms with van der Waals surface area (Å²) in [6.45, 7) is 2.90. The number of carbonyl (C=O) groups is 1. The number of aryl methyl sites for hydroxylation is 1. The molecule has 1 rings (SSSR count). The van der Waals surface area contributed by atoms with Gasteiger partial charge in [-0.25, -0.2) is 13.9 Å². The van der Waals surface area contributed by atoms with E-state index in [1.165, 1.54) is 12.4 Å². The second-order valence-corrected chi connectivity index (χ2v) is 6.95. The Hall–Kier alpha value is -1.85. The summed E-state index contributed by atoms with van der Waals surface area (Å²) in [6.07, 6.45) is 1.11. The fraction of sp³-hybridized carbons (Fsp3) is 0.500. The third-order valence-corrected chi connectivity index (χ3v) is 5.09. The van der Waals surface area contributed by atoms with Crippen LogP contribution in [0.1, 0.15) is 31.7 Å². The van der Waals surface area contributed by atoms with Gasteiger partial charge in [-0.2, -0.15) is 0 Å². The number of aromatic nitrogens is 1. The molecular weight excluding hydrogens is 284 g/mol. The van der Waals surface area contributed by atoms with Gasteiger partial charge in [0.05, 0.1) is 5.69 Å². The Bertz CT molecular complexity index is 653. The highest BCUT2D eigenvalue weighted by molar-refractivity contribution is 7.92. The van der Waals surface area contributed by atoms with E-state index in [4.69, 9.17) is 9.73 Å².